The molecule has 0 aliphatic carbocycles. The van der Waals surface area contributed by atoms with Crippen LogP contribution in [0.1, 0.15) is 37.4 Å². The molecule has 3 nitrogen and oxygen atoms in total. The molecule has 0 heterocycles. The molecule has 0 aromatic heterocycles. The van der Waals surface area contributed by atoms with Crippen LogP contribution >= 0.6 is 0 Å². The summed E-state index contributed by atoms with van der Waals surface area (Å²) in [5.74, 6) is -0.0134. The largest absolute Gasteiger partial charge is 0.423 e. The van der Waals surface area contributed by atoms with Gasteiger partial charge in [-0.15, -0.1) is 0 Å². The zero-order chi connectivity index (χ0) is 17.8. The van der Waals surface area contributed by atoms with E-state index < -0.39 is 5.97 Å². The van der Waals surface area contributed by atoms with Gasteiger partial charge in [-0.25, -0.2) is 4.79 Å². The summed E-state index contributed by atoms with van der Waals surface area (Å²) in [4.78, 5) is 24.7. The van der Waals surface area contributed by atoms with Gasteiger partial charge in [0, 0.05) is 11.1 Å². The third kappa shape index (κ3) is 3.83. The quantitative estimate of drug-likeness (QED) is 0.394. The Morgan fingerprint density at radius 1 is 0.720 bits per heavy atom. The number of ketones is 1. The Morgan fingerprint density at radius 2 is 1.36 bits per heavy atom. The molecule has 0 spiro atoms. The summed E-state index contributed by atoms with van der Waals surface area (Å²) in [7, 11) is 0. The Bertz CT molecular complexity index is 910. The summed E-state index contributed by atoms with van der Waals surface area (Å²) < 4.78 is 5.46. The lowest BCUT2D eigenvalue weighted by Crippen LogP contribution is -2.10. The number of carbonyl (C=O) groups is 2. The number of benzene rings is 3. The van der Waals surface area contributed by atoms with Gasteiger partial charge in [-0.2, -0.15) is 0 Å². The first-order chi connectivity index (χ1) is 12.0. The summed E-state index contributed by atoms with van der Waals surface area (Å²) in [6.07, 6.45) is 0. The highest BCUT2D eigenvalue weighted by molar-refractivity contribution is 6.09. The number of hydrogen-bond acceptors (Lipinski definition) is 3. The molecule has 124 valence electrons. The number of hydrogen-bond donors (Lipinski definition) is 0. The van der Waals surface area contributed by atoms with Crippen LogP contribution in [0.3, 0.4) is 0 Å². The van der Waals surface area contributed by atoms with E-state index in [9.17, 15) is 9.59 Å². The minimum atomic E-state index is -0.412. The Labute approximate surface area is 146 Å². The van der Waals surface area contributed by atoms with Crippen molar-refractivity contribution in [2.24, 2.45) is 0 Å². The van der Waals surface area contributed by atoms with Crippen molar-refractivity contribution in [3.8, 4) is 5.75 Å². The Balaban J connectivity index is 1.79. The predicted molar refractivity (Wildman–Crippen MR) is 97.2 cm³/mol. The van der Waals surface area contributed by atoms with Gasteiger partial charge in [0.2, 0.25) is 0 Å². The minimum absolute atomic E-state index is 0.0555. The van der Waals surface area contributed by atoms with Crippen molar-refractivity contribution in [1.29, 1.82) is 0 Å². The molecule has 0 aliphatic heterocycles. The van der Waals surface area contributed by atoms with Gasteiger partial charge < -0.3 is 4.74 Å². The Kier molecular flexibility index (Phi) is 4.75. The van der Waals surface area contributed by atoms with E-state index in [0.717, 1.165) is 11.1 Å². The monoisotopic (exact) mass is 330 g/mol. The molecule has 0 fully saturated rings. The average Bonchev–Trinajstić information content (AvgIpc) is 2.64. The topological polar surface area (TPSA) is 43.4 Å². The van der Waals surface area contributed by atoms with Crippen molar-refractivity contribution < 1.29 is 14.3 Å². The van der Waals surface area contributed by atoms with Crippen LogP contribution in [0.15, 0.2) is 72.8 Å². The normalized spacial score (nSPS) is 10.3. The van der Waals surface area contributed by atoms with E-state index in [1.54, 1.807) is 42.5 Å². The first-order valence-electron chi connectivity index (χ1n) is 8.04. The van der Waals surface area contributed by atoms with Crippen LogP contribution in [0, 0.1) is 13.8 Å². The molecule has 3 aromatic carbocycles. The molecular formula is C22H18O3. The molecule has 0 saturated heterocycles. The molecule has 0 amide bonds. The first kappa shape index (κ1) is 16.7. The molecule has 0 radical (unpaired) electrons. The lowest BCUT2D eigenvalue weighted by Gasteiger charge is -2.09. The first-order valence-corrected chi connectivity index (χ1v) is 8.04. The molecule has 0 bridgehead atoms. The highest BCUT2D eigenvalue weighted by Gasteiger charge is 2.13. The van der Waals surface area contributed by atoms with Crippen LogP contribution in [0.25, 0.3) is 0 Å². The highest BCUT2D eigenvalue weighted by Crippen LogP contribution is 2.22. The molecule has 0 N–H and O–H groups in total. The fourth-order valence-electron chi connectivity index (χ4n) is 2.51. The molecular weight excluding hydrogens is 312 g/mol. The molecule has 0 unspecified atom stereocenters. The lowest BCUT2D eigenvalue weighted by atomic mass is 10.0. The summed E-state index contributed by atoms with van der Waals surface area (Å²) in [6.45, 7) is 3.78. The van der Waals surface area contributed by atoms with Crippen molar-refractivity contribution in [2.75, 3.05) is 0 Å². The summed E-state index contributed by atoms with van der Waals surface area (Å²) >= 11 is 0. The number of ether oxygens (including phenoxy) is 1. The minimum Gasteiger partial charge on any atom is -0.423 e. The highest BCUT2D eigenvalue weighted by atomic mass is 16.5. The van der Waals surface area contributed by atoms with E-state index in [1.807, 2.05) is 44.2 Å². The molecule has 3 heteroatoms. The Hall–Kier alpha value is -3.20. The molecule has 0 aliphatic rings. The van der Waals surface area contributed by atoms with Crippen LogP contribution < -0.4 is 4.74 Å². The van der Waals surface area contributed by atoms with E-state index in [0.29, 0.717) is 22.4 Å². The maximum atomic E-state index is 12.5. The average molecular weight is 330 g/mol. The van der Waals surface area contributed by atoms with E-state index in [-0.39, 0.29) is 5.78 Å². The number of rotatable bonds is 4. The van der Waals surface area contributed by atoms with Gasteiger partial charge in [-0.3, -0.25) is 4.79 Å². The van der Waals surface area contributed by atoms with Crippen molar-refractivity contribution in [1.82, 2.24) is 0 Å². The smallest absolute Gasteiger partial charge is 0.343 e. The van der Waals surface area contributed by atoms with Crippen LogP contribution in [0.5, 0.6) is 5.75 Å². The molecule has 3 rings (SSSR count). The molecule has 0 saturated carbocycles. The molecule has 25 heavy (non-hydrogen) atoms. The maximum Gasteiger partial charge on any atom is 0.343 e. The van der Waals surface area contributed by atoms with Gasteiger partial charge in [0.05, 0.1) is 5.56 Å². The van der Waals surface area contributed by atoms with Gasteiger partial charge in [-0.1, -0.05) is 48.0 Å². The molecule has 0 atom stereocenters. The third-order valence-corrected chi connectivity index (χ3v) is 3.96. The van der Waals surface area contributed by atoms with Gasteiger partial charge in [0.15, 0.2) is 5.78 Å². The van der Waals surface area contributed by atoms with E-state index in [1.165, 1.54) is 0 Å². The fourth-order valence-corrected chi connectivity index (χ4v) is 2.51. The SMILES string of the molecule is Cc1ccc(C(=O)Oc2ccc(C(=O)c3ccccc3)cc2C)cc1. The van der Waals surface area contributed by atoms with Crippen LogP contribution in [0.4, 0.5) is 0 Å². The zero-order valence-electron chi connectivity index (χ0n) is 14.2. The second kappa shape index (κ2) is 7.14. The zero-order valence-corrected chi connectivity index (χ0v) is 14.2. The lowest BCUT2D eigenvalue weighted by molar-refractivity contribution is 0.0733. The van der Waals surface area contributed by atoms with E-state index in [2.05, 4.69) is 0 Å². The maximum absolute atomic E-state index is 12.5. The van der Waals surface area contributed by atoms with E-state index in [4.69, 9.17) is 4.74 Å². The van der Waals surface area contributed by atoms with Gasteiger partial charge in [0.1, 0.15) is 5.75 Å². The standard InChI is InChI=1S/C22H18O3/c1-15-8-10-18(11-9-15)22(24)25-20-13-12-19(14-16(20)2)21(23)17-6-4-3-5-7-17/h3-14H,1-2H3. The third-order valence-electron chi connectivity index (χ3n) is 3.96. The molecule has 3 aromatic rings. The summed E-state index contributed by atoms with van der Waals surface area (Å²) in [6, 6.07) is 21.4. The van der Waals surface area contributed by atoms with Crippen molar-refractivity contribution in [3.05, 3.63) is 101 Å². The number of aryl methyl sites for hydroxylation is 2. The number of carbonyl (C=O) groups excluding carboxylic acids is 2. The second-order valence-electron chi connectivity index (χ2n) is 5.93. The van der Waals surface area contributed by atoms with Crippen molar-refractivity contribution >= 4 is 11.8 Å². The van der Waals surface area contributed by atoms with Gasteiger partial charge in [0.25, 0.3) is 0 Å². The van der Waals surface area contributed by atoms with Crippen LogP contribution in [-0.2, 0) is 0 Å². The number of esters is 1. The predicted octanol–water partition coefficient (Wildman–Crippen LogP) is 4.75. The Morgan fingerprint density at radius 3 is 2.00 bits per heavy atom. The summed E-state index contributed by atoms with van der Waals surface area (Å²) in [5.41, 5.74) is 3.51. The van der Waals surface area contributed by atoms with Gasteiger partial charge >= 0.3 is 5.97 Å². The van der Waals surface area contributed by atoms with Crippen molar-refractivity contribution in [2.45, 2.75) is 13.8 Å². The van der Waals surface area contributed by atoms with Crippen LogP contribution in [-0.4, -0.2) is 11.8 Å². The fraction of sp³-hybridized carbons (Fsp3) is 0.0909. The second-order valence-corrected chi connectivity index (χ2v) is 5.93. The van der Waals surface area contributed by atoms with Crippen molar-refractivity contribution in [3.63, 3.8) is 0 Å². The van der Waals surface area contributed by atoms with Crippen LogP contribution in [0.2, 0.25) is 0 Å². The summed E-state index contributed by atoms with van der Waals surface area (Å²) in [5, 5.41) is 0. The van der Waals surface area contributed by atoms with Gasteiger partial charge in [-0.05, 0) is 49.7 Å². The van der Waals surface area contributed by atoms with E-state index >= 15 is 0 Å².